The van der Waals surface area contributed by atoms with Gasteiger partial charge in [0.05, 0.1) is 18.7 Å². The average molecular weight is 341 g/mol. The second-order valence-electron chi connectivity index (χ2n) is 4.54. The van der Waals surface area contributed by atoms with Crippen molar-refractivity contribution in [2.45, 2.75) is 25.1 Å². The van der Waals surface area contributed by atoms with Gasteiger partial charge in [0, 0.05) is 13.0 Å². The highest BCUT2D eigenvalue weighted by Gasteiger charge is 2.56. The van der Waals surface area contributed by atoms with Gasteiger partial charge < -0.3 is 4.74 Å². The van der Waals surface area contributed by atoms with E-state index < -0.39 is 42.5 Å². The van der Waals surface area contributed by atoms with Crippen LogP contribution in [0.25, 0.3) is 11.0 Å². The first kappa shape index (κ1) is 17.0. The number of carbonyl (C=O) groups excluding carboxylic acids is 1. The number of alkyl halides is 5. The Kier molecular flexibility index (Phi) is 4.22. The predicted molar refractivity (Wildman–Crippen MR) is 64.4 cm³/mol. The SMILES string of the molecule is COC(=O)c1nn(CCC(F)(F)C(F)(F)F)c2ncc(F)cc12. The van der Waals surface area contributed by atoms with E-state index in [1.807, 2.05) is 0 Å². The normalized spacial score (nSPS) is 12.7. The Morgan fingerprint density at radius 1 is 1.30 bits per heavy atom. The van der Waals surface area contributed by atoms with Crippen LogP contribution in [-0.4, -0.2) is 39.9 Å². The fourth-order valence-corrected chi connectivity index (χ4v) is 1.83. The lowest BCUT2D eigenvalue weighted by Gasteiger charge is -2.19. The molecule has 0 atom stereocenters. The van der Waals surface area contributed by atoms with Crippen molar-refractivity contribution in [1.29, 1.82) is 0 Å². The molecule has 0 aliphatic rings. The molecular weight excluding hydrogens is 332 g/mol. The van der Waals surface area contributed by atoms with Crippen LogP contribution in [-0.2, 0) is 11.3 Å². The summed E-state index contributed by atoms with van der Waals surface area (Å²) < 4.78 is 80.8. The fourth-order valence-electron chi connectivity index (χ4n) is 1.83. The average Bonchev–Trinajstić information content (AvgIpc) is 2.81. The minimum absolute atomic E-state index is 0.146. The summed E-state index contributed by atoms with van der Waals surface area (Å²) in [7, 11) is 1.01. The van der Waals surface area contributed by atoms with E-state index in [1.54, 1.807) is 0 Å². The molecule has 5 nitrogen and oxygen atoms in total. The highest BCUT2D eigenvalue weighted by atomic mass is 19.4. The maximum atomic E-state index is 13.2. The molecule has 2 aromatic heterocycles. The summed E-state index contributed by atoms with van der Waals surface area (Å²) >= 11 is 0. The van der Waals surface area contributed by atoms with E-state index in [2.05, 4.69) is 14.8 Å². The summed E-state index contributed by atoms with van der Waals surface area (Å²) in [5.41, 5.74) is -0.630. The first-order valence-corrected chi connectivity index (χ1v) is 6.12. The molecule has 0 amide bonds. The number of hydrogen-bond donors (Lipinski definition) is 0. The zero-order valence-corrected chi connectivity index (χ0v) is 11.5. The summed E-state index contributed by atoms with van der Waals surface area (Å²) in [4.78, 5) is 15.1. The molecular formula is C12H9F6N3O2. The number of hydrogen-bond acceptors (Lipinski definition) is 4. The van der Waals surface area contributed by atoms with Gasteiger partial charge in [-0.2, -0.15) is 27.1 Å². The van der Waals surface area contributed by atoms with Crippen LogP contribution in [0.15, 0.2) is 12.3 Å². The lowest BCUT2D eigenvalue weighted by Crippen LogP contribution is -2.37. The van der Waals surface area contributed by atoms with E-state index in [-0.39, 0.29) is 11.0 Å². The van der Waals surface area contributed by atoms with Gasteiger partial charge in [0.2, 0.25) is 0 Å². The Labute approximate surface area is 124 Å². The van der Waals surface area contributed by atoms with Crippen LogP contribution in [0, 0.1) is 5.82 Å². The number of rotatable bonds is 4. The standard InChI is InChI=1S/C12H9F6N3O2/c1-23-10(22)8-7-4-6(13)5-19-9(7)21(20-8)3-2-11(14,15)12(16,17)18/h4-5H,2-3H2,1H3. The lowest BCUT2D eigenvalue weighted by molar-refractivity contribution is -0.285. The molecule has 2 heterocycles. The maximum Gasteiger partial charge on any atom is 0.453 e. The Morgan fingerprint density at radius 3 is 2.52 bits per heavy atom. The molecule has 0 saturated heterocycles. The summed E-state index contributed by atoms with van der Waals surface area (Å²) in [5, 5.41) is 3.45. The number of aromatic nitrogens is 3. The molecule has 126 valence electrons. The van der Waals surface area contributed by atoms with Gasteiger partial charge in [0.15, 0.2) is 11.3 Å². The van der Waals surface area contributed by atoms with E-state index >= 15 is 0 Å². The van der Waals surface area contributed by atoms with E-state index in [0.29, 0.717) is 4.68 Å². The number of esters is 1. The molecule has 0 spiro atoms. The molecule has 2 aromatic rings. The van der Waals surface area contributed by atoms with Crippen LogP contribution < -0.4 is 0 Å². The van der Waals surface area contributed by atoms with Crippen molar-refractivity contribution < 1.29 is 35.9 Å². The molecule has 0 fully saturated rings. The van der Waals surface area contributed by atoms with Crippen LogP contribution in [0.4, 0.5) is 26.3 Å². The number of nitrogens with zero attached hydrogens (tertiary/aromatic N) is 3. The maximum absolute atomic E-state index is 13.2. The fraction of sp³-hybridized carbons (Fsp3) is 0.417. The predicted octanol–water partition coefficient (Wildman–Crippen LogP) is 2.94. The number of fused-ring (bicyclic) bond motifs is 1. The smallest absolute Gasteiger partial charge is 0.453 e. The minimum atomic E-state index is -5.71. The molecule has 0 radical (unpaired) electrons. The second-order valence-corrected chi connectivity index (χ2v) is 4.54. The van der Waals surface area contributed by atoms with Crippen molar-refractivity contribution in [2.24, 2.45) is 0 Å². The van der Waals surface area contributed by atoms with Crippen molar-refractivity contribution in [3.8, 4) is 0 Å². The zero-order valence-electron chi connectivity index (χ0n) is 11.5. The number of pyridine rings is 1. The minimum Gasteiger partial charge on any atom is -0.464 e. The van der Waals surface area contributed by atoms with Crippen LogP contribution >= 0.6 is 0 Å². The number of methoxy groups -OCH3 is 1. The van der Waals surface area contributed by atoms with Gasteiger partial charge in [-0.3, -0.25) is 0 Å². The molecule has 0 saturated carbocycles. The van der Waals surface area contributed by atoms with Crippen LogP contribution in [0.3, 0.4) is 0 Å². The van der Waals surface area contributed by atoms with Crippen molar-refractivity contribution >= 4 is 17.0 Å². The van der Waals surface area contributed by atoms with Gasteiger partial charge in [-0.15, -0.1) is 0 Å². The van der Waals surface area contributed by atoms with Gasteiger partial charge in [-0.1, -0.05) is 0 Å². The summed E-state index contributed by atoms with van der Waals surface area (Å²) in [6.45, 7) is -0.876. The topological polar surface area (TPSA) is 57.0 Å². The molecule has 23 heavy (non-hydrogen) atoms. The highest BCUT2D eigenvalue weighted by molar-refractivity contribution is 6.00. The van der Waals surface area contributed by atoms with E-state index in [4.69, 9.17) is 0 Å². The highest BCUT2D eigenvalue weighted by Crippen LogP contribution is 2.38. The molecule has 0 bridgehead atoms. The number of carbonyl (C=O) groups is 1. The molecule has 0 N–H and O–H groups in total. The van der Waals surface area contributed by atoms with Crippen LogP contribution in [0.5, 0.6) is 0 Å². The van der Waals surface area contributed by atoms with Gasteiger partial charge >= 0.3 is 18.1 Å². The van der Waals surface area contributed by atoms with Crippen molar-refractivity contribution in [2.75, 3.05) is 7.11 Å². The Morgan fingerprint density at radius 2 is 1.96 bits per heavy atom. The molecule has 2 rings (SSSR count). The third-order valence-electron chi connectivity index (χ3n) is 2.98. The molecule has 0 aliphatic carbocycles. The van der Waals surface area contributed by atoms with Gasteiger partial charge in [0.1, 0.15) is 5.82 Å². The second kappa shape index (κ2) is 5.70. The Balaban J connectivity index is 2.40. The van der Waals surface area contributed by atoms with Crippen LogP contribution in [0.2, 0.25) is 0 Å². The molecule has 0 aromatic carbocycles. The van der Waals surface area contributed by atoms with E-state index in [0.717, 1.165) is 19.4 Å². The van der Waals surface area contributed by atoms with Gasteiger partial charge in [0.25, 0.3) is 0 Å². The van der Waals surface area contributed by atoms with E-state index in [1.165, 1.54) is 0 Å². The number of aryl methyl sites for hydroxylation is 1. The first-order valence-electron chi connectivity index (χ1n) is 6.12. The van der Waals surface area contributed by atoms with Gasteiger partial charge in [-0.25, -0.2) is 18.9 Å². The Bertz CT molecular complexity index is 740. The zero-order chi connectivity index (χ0) is 17.4. The van der Waals surface area contributed by atoms with Crippen LogP contribution in [0.1, 0.15) is 16.9 Å². The monoisotopic (exact) mass is 341 g/mol. The third-order valence-corrected chi connectivity index (χ3v) is 2.98. The van der Waals surface area contributed by atoms with Crippen molar-refractivity contribution in [3.05, 3.63) is 23.8 Å². The Hall–Kier alpha value is -2.33. The van der Waals surface area contributed by atoms with E-state index in [9.17, 15) is 31.1 Å². The quantitative estimate of drug-likeness (QED) is 0.634. The summed E-state index contributed by atoms with van der Waals surface area (Å²) in [5.74, 6) is -6.76. The lowest BCUT2D eigenvalue weighted by atomic mass is 10.2. The number of ether oxygens (including phenoxy) is 1. The van der Waals surface area contributed by atoms with Crippen molar-refractivity contribution in [3.63, 3.8) is 0 Å². The largest absolute Gasteiger partial charge is 0.464 e. The summed E-state index contributed by atoms with van der Waals surface area (Å²) in [6.07, 6.45) is -6.59. The molecule has 11 heteroatoms. The van der Waals surface area contributed by atoms with Crippen molar-refractivity contribution in [1.82, 2.24) is 14.8 Å². The molecule has 0 unspecified atom stereocenters. The number of halogens is 6. The first-order chi connectivity index (χ1) is 10.6. The third kappa shape index (κ3) is 3.22. The summed E-state index contributed by atoms with van der Waals surface area (Å²) in [6, 6.07) is 0.861. The van der Waals surface area contributed by atoms with Gasteiger partial charge in [-0.05, 0) is 6.07 Å². The molecule has 0 aliphatic heterocycles.